The molecule has 0 aliphatic heterocycles. The Balaban J connectivity index is 3.13. The maximum Gasteiger partial charge on any atom is 0.222 e. The third kappa shape index (κ3) is 1.58. The first-order valence-corrected chi connectivity index (χ1v) is 4.61. The monoisotopic (exact) mass is 189 g/mol. The van der Waals surface area contributed by atoms with Crippen LogP contribution < -0.4 is 4.72 Å². The fraction of sp³-hybridized carbons (Fsp3) is 0.500. The number of anilines is 1. The lowest BCUT2D eigenvalue weighted by Gasteiger charge is -1.97. The van der Waals surface area contributed by atoms with Gasteiger partial charge in [-0.3, -0.25) is 9.40 Å². The number of thiol groups is 1. The number of nitrogens with one attached hydrogen (secondary N) is 1. The Bertz CT molecular complexity index is 359. The van der Waals surface area contributed by atoms with E-state index in [9.17, 15) is 8.42 Å². The highest BCUT2D eigenvalue weighted by Gasteiger charge is 2.08. The van der Waals surface area contributed by atoms with Crippen LogP contribution in [-0.2, 0) is 17.9 Å². The quantitative estimate of drug-likeness (QED) is 0.642. The Morgan fingerprint density at radius 1 is 1.42 bits per heavy atom. The van der Waals surface area contributed by atoms with Crippen molar-refractivity contribution in [2.75, 3.05) is 4.72 Å². The molecule has 0 aromatic carbocycles. The van der Waals surface area contributed by atoms with Gasteiger partial charge in [-0.2, -0.15) is 5.10 Å². The van der Waals surface area contributed by atoms with Gasteiger partial charge in [-0.1, -0.05) is 0 Å². The third-order valence-electron chi connectivity index (χ3n) is 1.71. The molecule has 5 nitrogen and oxygen atoms in total. The van der Waals surface area contributed by atoms with E-state index >= 15 is 0 Å². The highest BCUT2D eigenvalue weighted by atomic mass is 32.2. The van der Waals surface area contributed by atoms with Gasteiger partial charge in [0.25, 0.3) is 0 Å². The fourth-order valence-electron chi connectivity index (χ4n) is 1.03. The third-order valence-corrected chi connectivity index (χ3v) is 2.12. The van der Waals surface area contributed by atoms with Gasteiger partial charge in [0, 0.05) is 7.05 Å². The van der Waals surface area contributed by atoms with E-state index in [1.165, 1.54) is 0 Å². The summed E-state index contributed by atoms with van der Waals surface area (Å²) in [6, 6.07) is 0. The zero-order valence-electron chi connectivity index (χ0n) is 7.16. The summed E-state index contributed by atoms with van der Waals surface area (Å²) in [6.45, 7) is 3.56. The minimum absolute atomic E-state index is 0.577. The molecule has 6 heteroatoms. The maximum atomic E-state index is 10.4. The van der Waals surface area contributed by atoms with Crippen LogP contribution in [0, 0.1) is 13.8 Å². The molecule has 0 bridgehead atoms. The van der Waals surface area contributed by atoms with E-state index in [2.05, 4.69) is 9.82 Å². The molecule has 0 unspecified atom stereocenters. The summed E-state index contributed by atoms with van der Waals surface area (Å²) < 4.78 is 24.7. The summed E-state index contributed by atoms with van der Waals surface area (Å²) in [5, 5.41) is 4.05. The molecule has 1 aromatic rings. The first-order chi connectivity index (χ1) is 5.52. The van der Waals surface area contributed by atoms with E-state index in [0.29, 0.717) is 11.4 Å². The highest BCUT2D eigenvalue weighted by molar-refractivity contribution is 7.73. The van der Waals surface area contributed by atoms with Crippen LogP contribution in [0.15, 0.2) is 0 Å². The van der Waals surface area contributed by atoms with Crippen molar-refractivity contribution in [3.05, 3.63) is 11.4 Å². The van der Waals surface area contributed by atoms with Crippen LogP contribution in [0.2, 0.25) is 0 Å². The molecule has 0 atom stereocenters. The van der Waals surface area contributed by atoms with Gasteiger partial charge in [0.1, 0.15) is 0 Å². The van der Waals surface area contributed by atoms with Gasteiger partial charge in [-0.15, -0.1) is 0 Å². The van der Waals surface area contributed by atoms with E-state index in [0.717, 1.165) is 5.69 Å². The summed E-state index contributed by atoms with van der Waals surface area (Å²) >= 11 is 0. The SMILES string of the molecule is Cc1nn(C)c(C)c1N[SH](=O)=O. The Hall–Kier alpha value is -1.04. The summed E-state index contributed by atoms with van der Waals surface area (Å²) in [4.78, 5) is 0. The fourth-order valence-corrected chi connectivity index (χ4v) is 1.53. The number of nitrogens with zero attached hydrogens (tertiary/aromatic N) is 2. The molecule has 0 aliphatic rings. The van der Waals surface area contributed by atoms with E-state index in [1.807, 2.05) is 0 Å². The molecular weight excluding hydrogens is 178 g/mol. The Labute approximate surface area is 72.5 Å². The molecular formula is C6H11N3O2S. The van der Waals surface area contributed by atoms with Gasteiger partial charge >= 0.3 is 0 Å². The van der Waals surface area contributed by atoms with Crippen LogP contribution >= 0.6 is 0 Å². The highest BCUT2D eigenvalue weighted by Crippen LogP contribution is 2.17. The summed E-state index contributed by atoms with van der Waals surface area (Å²) in [7, 11) is -0.830. The summed E-state index contributed by atoms with van der Waals surface area (Å²) in [5.74, 6) is 0. The van der Waals surface area contributed by atoms with Crippen molar-refractivity contribution >= 4 is 16.6 Å². The molecule has 0 aliphatic carbocycles. The van der Waals surface area contributed by atoms with Crippen molar-refractivity contribution in [1.82, 2.24) is 9.78 Å². The molecule has 12 heavy (non-hydrogen) atoms. The molecule has 1 N–H and O–H groups in total. The second kappa shape index (κ2) is 3.14. The van der Waals surface area contributed by atoms with E-state index in [4.69, 9.17) is 0 Å². The van der Waals surface area contributed by atoms with E-state index in [-0.39, 0.29) is 0 Å². The van der Waals surface area contributed by atoms with Gasteiger partial charge in [0.05, 0.1) is 17.1 Å². The molecule has 0 spiro atoms. The molecule has 0 amide bonds. The van der Waals surface area contributed by atoms with Gasteiger partial charge < -0.3 is 0 Å². The van der Waals surface area contributed by atoms with Crippen molar-refractivity contribution < 1.29 is 8.42 Å². The minimum atomic E-state index is -2.60. The van der Waals surface area contributed by atoms with Crippen LogP contribution in [-0.4, -0.2) is 18.2 Å². The van der Waals surface area contributed by atoms with Crippen molar-refractivity contribution in [1.29, 1.82) is 0 Å². The average Bonchev–Trinajstić information content (AvgIpc) is 2.16. The predicted molar refractivity (Wildman–Crippen MR) is 46.6 cm³/mol. The number of hydrogen-bond acceptors (Lipinski definition) is 3. The molecule has 1 aromatic heterocycles. The van der Waals surface area contributed by atoms with Crippen LogP contribution in [0.5, 0.6) is 0 Å². The molecule has 0 saturated heterocycles. The van der Waals surface area contributed by atoms with Crippen LogP contribution in [0.25, 0.3) is 0 Å². The van der Waals surface area contributed by atoms with Gasteiger partial charge in [0.15, 0.2) is 0 Å². The predicted octanol–water partition coefficient (Wildman–Crippen LogP) is -0.0248. The summed E-state index contributed by atoms with van der Waals surface area (Å²) in [5.41, 5.74) is 2.08. The average molecular weight is 189 g/mol. The van der Waals surface area contributed by atoms with Gasteiger partial charge in [-0.05, 0) is 13.8 Å². The zero-order valence-corrected chi connectivity index (χ0v) is 8.05. The lowest BCUT2D eigenvalue weighted by atomic mass is 10.3. The topological polar surface area (TPSA) is 64.0 Å². The van der Waals surface area contributed by atoms with Crippen molar-refractivity contribution in [2.45, 2.75) is 13.8 Å². The molecule has 0 saturated carbocycles. The standard InChI is InChI=1S/C6H11N3O2S/c1-4-6(8-12(10)11)5(2)9(3)7-4/h12H,1-3H3,(H,8,10,11). The maximum absolute atomic E-state index is 10.4. The Morgan fingerprint density at radius 2 is 2.00 bits per heavy atom. The van der Waals surface area contributed by atoms with Crippen molar-refractivity contribution in [3.8, 4) is 0 Å². The number of aromatic nitrogens is 2. The molecule has 0 radical (unpaired) electrons. The number of hydrogen-bond donors (Lipinski definition) is 2. The van der Waals surface area contributed by atoms with Crippen LogP contribution in [0.4, 0.5) is 5.69 Å². The van der Waals surface area contributed by atoms with Crippen LogP contribution in [0.1, 0.15) is 11.4 Å². The Morgan fingerprint density at radius 3 is 2.33 bits per heavy atom. The van der Waals surface area contributed by atoms with Crippen molar-refractivity contribution in [2.24, 2.45) is 7.05 Å². The summed E-state index contributed by atoms with van der Waals surface area (Å²) in [6.07, 6.45) is 0. The van der Waals surface area contributed by atoms with Gasteiger partial charge in [-0.25, -0.2) is 8.42 Å². The number of aryl methyl sites for hydroxylation is 2. The second-order valence-electron chi connectivity index (χ2n) is 2.54. The lowest BCUT2D eigenvalue weighted by molar-refractivity contribution is 0.619. The minimum Gasteiger partial charge on any atom is -0.282 e. The number of rotatable bonds is 2. The molecule has 68 valence electrons. The molecule has 1 heterocycles. The van der Waals surface area contributed by atoms with E-state index < -0.39 is 10.9 Å². The largest absolute Gasteiger partial charge is 0.282 e. The van der Waals surface area contributed by atoms with E-state index in [1.54, 1.807) is 25.6 Å². The zero-order chi connectivity index (χ0) is 9.30. The Kier molecular flexibility index (Phi) is 2.37. The van der Waals surface area contributed by atoms with Crippen LogP contribution in [0.3, 0.4) is 0 Å². The first-order valence-electron chi connectivity index (χ1n) is 3.43. The lowest BCUT2D eigenvalue weighted by Crippen LogP contribution is -1.98. The van der Waals surface area contributed by atoms with Crippen molar-refractivity contribution in [3.63, 3.8) is 0 Å². The smallest absolute Gasteiger partial charge is 0.222 e. The van der Waals surface area contributed by atoms with Gasteiger partial charge in [0.2, 0.25) is 10.9 Å². The second-order valence-corrected chi connectivity index (χ2v) is 3.28. The normalized spacial score (nSPS) is 10.7. The first kappa shape index (κ1) is 9.05. The molecule has 1 rings (SSSR count). The molecule has 0 fully saturated rings.